The molecule has 0 unspecified atom stereocenters. The van der Waals surface area contributed by atoms with Crippen LogP contribution in [-0.2, 0) is 11.3 Å². The van der Waals surface area contributed by atoms with Gasteiger partial charge in [0.2, 0.25) is 0 Å². The minimum Gasteiger partial charge on any atom is -0.453 e. The van der Waals surface area contributed by atoms with E-state index in [4.69, 9.17) is 9.15 Å². The lowest BCUT2D eigenvalue weighted by Crippen LogP contribution is -2.16. The molecule has 3 nitrogen and oxygen atoms in total. The zero-order valence-corrected chi connectivity index (χ0v) is 10.7. The first-order chi connectivity index (χ1) is 7.33. The fourth-order valence-corrected chi connectivity index (χ4v) is 1.54. The van der Waals surface area contributed by atoms with Crippen molar-refractivity contribution in [3.05, 3.63) is 22.6 Å². The maximum absolute atomic E-state index is 5.37. The summed E-state index contributed by atoms with van der Waals surface area (Å²) in [6.07, 6.45) is 2.13. The molecular weight excluding hydrogens is 258 g/mol. The standard InChI is InChI=1S/C11H18BrNO2/c1-2-7-14-8-3-6-13-9-10-4-5-11(12)15-10/h4-5,13H,2-3,6-9H2,1H3. The molecule has 0 radical (unpaired) electrons. The lowest BCUT2D eigenvalue weighted by Gasteiger charge is -2.03. The quantitative estimate of drug-likeness (QED) is 0.741. The van der Waals surface area contributed by atoms with Crippen LogP contribution < -0.4 is 5.32 Å². The largest absolute Gasteiger partial charge is 0.453 e. The third-order valence-electron chi connectivity index (χ3n) is 1.92. The van der Waals surface area contributed by atoms with E-state index in [9.17, 15) is 0 Å². The van der Waals surface area contributed by atoms with Gasteiger partial charge in [0.25, 0.3) is 0 Å². The van der Waals surface area contributed by atoms with Crippen molar-refractivity contribution >= 4 is 15.9 Å². The normalized spacial score (nSPS) is 10.8. The van der Waals surface area contributed by atoms with Crippen LogP contribution in [0.25, 0.3) is 0 Å². The van der Waals surface area contributed by atoms with E-state index in [0.717, 1.165) is 49.6 Å². The average molecular weight is 276 g/mol. The summed E-state index contributed by atoms with van der Waals surface area (Å²) in [5, 5.41) is 3.30. The van der Waals surface area contributed by atoms with E-state index in [2.05, 4.69) is 28.2 Å². The number of hydrogen-bond acceptors (Lipinski definition) is 3. The average Bonchev–Trinajstić information content (AvgIpc) is 2.63. The van der Waals surface area contributed by atoms with Crippen LogP contribution in [-0.4, -0.2) is 19.8 Å². The molecule has 86 valence electrons. The van der Waals surface area contributed by atoms with Crippen molar-refractivity contribution in [2.75, 3.05) is 19.8 Å². The van der Waals surface area contributed by atoms with Crippen molar-refractivity contribution in [3.8, 4) is 0 Å². The smallest absolute Gasteiger partial charge is 0.169 e. The molecule has 0 atom stereocenters. The number of furan rings is 1. The highest BCUT2D eigenvalue weighted by Gasteiger charge is 1.97. The summed E-state index contributed by atoms with van der Waals surface area (Å²) in [5.74, 6) is 0.955. The van der Waals surface area contributed by atoms with Crippen molar-refractivity contribution in [2.45, 2.75) is 26.3 Å². The molecule has 1 rings (SSSR count). The molecule has 0 bridgehead atoms. The Hall–Kier alpha value is -0.320. The molecule has 0 saturated carbocycles. The second-order valence-corrected chi connectivity index (χ2v) is 4.13. The van der Waals surface area contributed by atoms with E-state index < -0.39 is 0 Å². The highest BCUT2D eigenvalue weighted by molar-refractivity contribution is 9.10. The predicted molar refractivity (Wildman–Crippen MR) is 63.8 cm³/mol. The van der Waals surface area contributed by atoms with Gasteiger partial charge < -0.3 is 14.5 Å². The van der Waals surface area contributed by atoms with E-state index in [1.165, 1.54) is 0 Å². The van der Waals surface area contributed by atoms with E-state index in [1.54, 1.807) is 0 Å². The number of halogens is 1. The fraction of sp³-hybridized carbons (Fsp3) is 0.636. The van der Waals surface area contributed by atoms with Gasteiger partial charge in [-0.3, -0.25) is 0 Å². The van der Waals surface area contributed by atoms with E-state index in [1.807, 2.05) is 12.1 Å². The molecule has 4 heteroatoms. The molecule has 0 aliphatic rings. The molecule has 0 aromatic carbocycles. The van der Waals surface area contributed by atoms with Crippen molar-refractivity contribution in [1.82, 2.24) is 5.32 Å². The first-order valence-corrected chi connectivity index (χ1v) is 6.15. The number of rotatable bonds is 8. The molecule has 15 heavy (non-hydrogen) atoms. The van der Waals surface area contributed by atoms with Gasteiger partial charge in [-0.05, 0) is 47.4 Å². The van der Waals surface area contributed by atoms with E-state index >= 15 is 0 Å². The van der Waals surface area contributed by atoms with Gasteiger partial charge in [-0.15, -0.1) is 0 Å². The van der Waals surface area contributed by atoms with Crippen molar-refractivity contribution in [2.24, 2.45) is 0 Å². The molecule has 0 spiro atoms. The van der Waals surface area contributed by atoms with Gasteiger partial charge in [-0.2, -0.15) is 0 Å². The highest BCUT2D eigenvalue weighted by atomic mass is 79.9. The Morgan fingerprint density at radius 2 is 2.27 bits per heavy atom. The second-order valence-electron chi connectivity index (χ2n) is 3.35. The summed E-state index contributed by atoms with van der Waals surface area (Å²) < 4.78 is 11.5. The SMILES string of the molecule is CCCOCCCNCc1ccc(Br)o1. The van der Waals surface area contributed by atoms with Crippen LogP contribution in [0.2, 0.25) is 0 Å². The Kier molecular flexibility index (Phi) is 6.72. The van der Waals surface area contributed by atoms with Gasteiger partial charge in [0.1, 0.15) is 5.76 Å². The molecule has 0 amide bonds. The Morgan fingerprint density at radius 3 is 2.93 bits per heavy atom. The molecule has 1 N–H and O–H groups in total. The first kappa shape index (κ1) is 12.7. The molecule has 0 fully saturated rings. The minimum atomic E-state index is 0.777. The Balaban J connectivity index is 1.93. The summed E-state index contributed by atoms with van der Waals surface area (Å²) in [4.78, 5) is 0. The molecule has 1 heterocycles. The van der Waals surface area contributed by atoms with Crippen molar-refractivity contribution < 1.29 is 9.15 Å². The summed E-state index contributed by atoms with van der Waals surface area (Å²) in [7, 11) is 0. The first-order valence-electron chi connectivity index (χ1n) is 5.35. The van der Waals surface area contributed by atoms with Crippen LogP contribution in [0.5, 0.6) is 0 Å². The van der Waals surface area contributed by atoms with E-state index in [0.29, 0.717) is 0 Å². The number of nitrogens with one attached hydrogen (secondary N) is 1. The predicted octanol–water partition coefficient (Wildman–Crippen LogP) is 2.95. The maximum atomic E-state index is 5.37. The highest BCUT2D eigenvalue weighted by Crippen LogP contribution is 2.13. The lowest BCUT2D eigenvalue weighted by molar-refractivity contribution is 0.132. The summed E-state index contributed by atoms with van der Waals surface area (Å²) in [6, 6.07) is 3.87. The summed E-state index contributed by atoms with van der Waals surface area (Å²) in [5.41, 5.74) is 0. The number of hydrogen-bond donors (Lipinski definition) is 1. The zero-order chi connectivity index (χ0) is 10.9. The van der Waals surface area contributed by atoms with Gasteiger partial charge in [-0.1, -0.05) is 6.92 Å². The summed E-state index contributed by atoms with van der Waals surface area (Å²) in [6.45, 7) is 5.56. The fourth-order valence-electron chi connectivity index (χ4n) is 1.20. The topological polar surface area (TPSA) is 34.4 Å². The Bertz CT molecular complexity index is 263. The second kappa shape index (κ2) is 7.91. The van der Waals surface area contributed by atoms with E-state index in [-0.39, 0.29) is 0 Å². The Morgan fingerprint density at radius 1 is 1.40 bits per heavy atom. The van der Waals surface area contributed by atoms with Gasteiger partial charge in [0.15, 0.2) is 4.67 Å². The molecular formula is C11H18BrNO2. The lowest BCUT2D eigenvalue weighted by atomic mass is 10.4. The molecule has 0 aliphatic carbocycles. The summed E-state index contributed by atoms with van der Waals surface area (Å²) >= 11 is 3.27. The third kappa shape index (κ3) is 5.97. The van der Waals surface area contributed by atoms with Gasteiger partial charge >= 0.3 is 0 Å². The van der Waals surface area contributed by atoms with Gasteiger partial charge in [0.05, 0.1) is 6.54 Å². The monoisotopic (exact) mass is 275 g/mol. The van der Waals surface area contributed by atoms with Crippen LogP contribution in [0.15, 0.2) is 21.2 Å². The van der Waals surface area contributed by atoms with Crippen molar-refractivity contribution in [3.63, 3.8) is 0 Å². The number of ether oxygens (including phenoxy) is 1. The molecule has 1 aromatic rings. The third-order valence-corrected chi connectivity index (χ3v) is 2.34. The van der Waals surface area contributed by atoms with Gasteiger partial charge in [-0.25, -0.2) is 0 Å². The molecule has 0 saturated heterocycles. The minimum absolute atomic E-state index is 0.777. The molecule has 1 aromatic heterocycles. The van der Waals surface area contributed by atoms with Crippen LogP contribution in [0.1, 0.15) is 25.5 Å². The maximum Gasteiger partial charge on any atom is 0.169 e. The van der Waals surface area contributed by atoms with Gasteiger partial charge in [0, 0.05) is 13.2 Å². The van der Waals surface area contributed by atoms with Crippen LogP contribution in [0, 0.1) is 0 Å². The van der Waals surface area contributed by atoms with Crippen LogP contribution >= 0.6 is 15.9 Å². The Labute approximate surface area is 99.3 Å². The van der Waals surface area contributed by atoms with Crippen molar-refractivity contribution in [1.29, 1.82) is 0 Å². The molecule has 0 aliphatic heterocycles. The van der Waals surface area contributed by atoms with Crippen LogP contribution in [0.4, 0.5) is 0 Å². The zero-order valence-electron chi connectivity index (χ0n) is 9.09. The van der Waals surface area contributed by atoms with Crippen LogP contribution in [0.3, 0.4) is 0 Å².